The van der Waals surface area contributed by atoms with Crippen molar-refractivity contribution in [3.63, 3.8) is 0 Å². The largest absolute Gasteiger partial charge is 0.492 e. The highest BCUT2D eigenvalue weighted by Gasteiger charge is 2.22. The summed E-state index contributed by atoms with van der Waals surface area (Å²) >= 11 is 1.45. The van der Waals surface area contributed by atoms with Crippen LogP contribution >= 0.6 is 11.9 Å². The SMILES string of the molecule is CCCN(CCC)C(=O)c1cc(Oc2cc(C(=O)Nc3cc(C(C)(C)C)cc(NSC)c3OC)ccc2C)ncn1. The van der Waals surface area contributed by atoms with Crippen LogP contribution in [0.3, 0.4) is 0 Å². The molecule has 0 radical (unpaired) electrons. The molecule has 0 aliphatic heterocycles. The Morgan fingerprint density at radius 2 is 1.68 bits per heavy atom. The second-order valence-electron chi connectivity index (χ2n) is 10.7. The van der Waals surface area contributed by atoms with E-state index >= 15 is 0 Å². The molecule has 0 saturated heterocycles. The van der Waals surface area contributed by atoms with Crippen LogP contribution in [-0.2, 0) is 5.41 Å². The van der Waals surface area contributed by atoms with Gasteiger partial charge in [-0.05, 0) is 60.6 Å². The van der Waals surface area contributed by atoms with Crippen molar-refractivity contribution < 1.29 is 19.1 Å². The van der Waals surface area contributed by atoms with Crippen molar-refractivity contribution in [1.82, 2.24) is 14.9 Å². The molecule has 1 heterocycles. The first-order valence-electron chi connectivity index (χ1n) is 13.7. The fourth-order valence-electron chi connectivity index (χ4n) is 4.25. The molecule has 0 bridgehead atoms. The van der Waals surface area contributed by atoms with Gasteiger partial charge in [-0.2, -0.15) is 0 Å². The predicted octanol–water partition coefficient (Wildman–Crippen LogP) is 7.09. The molecule has 0 fully saturated rings. The van der Waals surface area contributed by atoms with E-state index in [2.05, 4.69) is 40.8 Å². The molecule has 3 aromatic rings. The molecule has 2 amide bonds. The minimum atomic E-state index is -0.317. The Morgan fingerprint density at radius 3 is 2.29 bits per heavy atom. The number of nitrogens with one attached hydrogen (secondary N) is 2. The molecule has 10 heteroatoms. The van der Waals surface area contributed by atoms with Gasteiger partial charge >= 0.3 is 0 Å². The van der Waals surface area contributed by atoms with E-state index in [-0.39, 0.29) is 28.8 Å². The Labute approximate surface area is 247 Å². The Morgan fingerprint density at radius 1 is 1.00 bits per heavy atom. The maximum absolute atomic E-state index is 13.4. The molecule has 1 aromatic heterocycles. The number of aryl methyl sites for hydroxylation is 1. The summed E-state index contributed by atoms with van der Waals surface area (Å²) in [7, 11) is 1.58. The molecule has 0 aliphatic rings. The summed E-state index contributed by atoms with van der Waals surface area (Å²) in [6, 6.07) is 10.7. The van der Waals surface area contributed by atoms with Crippen LogP contribution in [0.5, 0.6) is 17.4 Å². The number of methoxy groups -OCH3 is 1. The van der Waals surface area contributed by atoms with Crippen LogP contribution in [0.25, 0.3) is 0 Å². The number of benzene rings is 2. The van der Waals surface area contributed by atoms with Gasteiger partial charge in [-0.1, -0.05) is 52.6 Å². The summed E-state index contributed by atoms with van der Waals surface area (Å²) in [6.45, 7) is 13.6. The fourth-order valence-corrected chi connectivity index (χ4v) is 4.62. The van der Waals surface area contributed by atoms with Gasteiger partial charge in [0.15, 0.2) is 5.75 Å². The van der Waals surface area contributed by atoms with Crippen molar-refractivity contribution in [3.05, 3.63) is 65.1 Å². The van der Waals surface area contributed by atoms with E-state index in [0.717, 1.165) is 29.7 Å². The van der Waals surface area contributed by atoms with E-state index in [4.69, 9.17) is 9.47 Å². The van der Waals surface area contributed by atoms with Crippen LogP contribution in [0.15, 0.2) is 42.7 Å². The van der Waals surface area contributed by atoms with Crippen LogP contribution in [0, 0.1) is 6.92 Å². The first kappa shape index (κ1) is 31.7. The number of hydrogen-bond acceptors (Lipinski definition) is 8. The van der Waals surface area contributed by atoms with Crippen LogP contribution < -0.4 is 19.5 Å². The maximum Gasteiger partial charge on any atom is 0.272 e. The van der Waals surface area contributed by atoms with Crippen molar-refractivity contribution in [3.8, 4) is 17.4 Å². The predicted molar refractivity (Wildman–Crippen MR) is 167 cm³/mol. The third-order valence-corrected chi connectivity index (χ3v) is 6.84. The zero-order chi connectivity index (χ0) is 30.2. The van der Waals surface area contributed by atoms with Gasteiger partial charge in [0.05, 0.1) is 18.5 Å². The summed E-state index contributed by atoms with van der Waals surface area (Å²) in [6.07, 6.45) is 4.96. The number of carbonyl (C=O) groups excluding carboxylic acids is 2. The minimum absolute atomic E-state index is 0.145. The molecule has 0 unspecified atom stereocenters. The molecule has 2 aromatic carbocycles. The lowest BCUT2D eigenvalue weighted by atomic mass is 9.86. The van der Waals surface area contributed by atoms with Crippen LogP contribution in [0.2, 0.25) is 0 Å². The Hall–Kier alpha value is -3.79. The summed E-state index contributed by atoms with van der Waals surface area (Å²) < 4.78 is 15.0. The average molecular weight is 580 g/mol. The van der Waals surface area contributed by atoms with E-state index in [1.165, 1.54) is 24.3 Å². The molecule has 2 N–H and O–H groups in total. The van der Waals surface area contributed by atoms with Crippen molar-refractivity contribution >= 4 is 35.1 Å². The number of amides is 2. The number of nitrogens with zero attached hydrogens (tertiary/aromatic N) is 3. The zero-order valence-corrected chi connectivity index (χ0v) is 26.1. The monoisotopic (exact) mass is 579 g/mol. The number of hydrogen-bond donors (Lipinski definition) is 2. The molecule has 0 atom stereocenters. The van der Waals surface area contributed by atoms with Gasteiger partial charge in [-0.15, -0.1) is 0 Å². The Kier molecular flexibility index (Phi) is 11.0. The van der Waals surface area contributed by atoms with Gasteiger partial charge < -0.3 is 24.4 Å². The van der Waals surface area contributed by atoms with E-state index in [0.29, 0.717) is 35.8 Å². The van der Waals surface area contributed by atoms with Gasteiger partial charge in [0, 0.05) is 31.0 Å². The summed E-state index contributed by atoms with van der Waals surface area (Å²) in [5, 5.41) is 3.02. The topological polar surface area (TPSA) is 106 Å². The lowest BCUT2D eigenvalue weighted by Gasteiger charge is -2.24. The van der Waals surface area contributed by atoms with E-state index in [9.17, 15) is 9.59 Å². The maximum atomic E-state index is 13.4. The van der Waals surface area contributed by atoms with Crippen LogP contribution in [0.4, 0.5) is 11.4 Å². The summed E-state index contributed by atoms with van der Waals surface area (Å²) in [4.78, 5) is 36.6. The molecular formula is C31H41N5O4S. The van der Waals surface area contributed by atoms with Gasteiger partial charge in [-0.25, -0.2) is 9.97 Å². The van der Waals surface area contributed by atoms with Crippen molar-refractivity contribution in [2.45, 2.75) is 59.8 Å². The van der Waals surface area contributed by atoms with E-state index < -0.39 is 0 Å². The molecule has 9 nitrogen and oxygen atoms in total. The highest BCUT2D eigenvalue weighted by Crippen LogP contribution is 2.40. The number of aromatic nitrogens is 2. The van der Waals surface area contributed by atoms with Gasteiger partial charge in [-0.3, -0.25) is 9.59 Å². The fraction of sp³-hybridized carbons (Fsp3) is 0.419. The van der Waals surface area contributed by atoms with Gasteiger partial charge in [0.2, 0.25) is 5.88 Å². The zero-order valence-electron chi connectivity index (χ0n) is 25.3. The first-order valence-corrected chi connectivity index (χ1v) is 15.0. The highest BCUT2D eigenvalue weighted by atomic mass is 32.2. The molecule has 3 rings (SSSR count). The molecule has 41 heavy (non-hydrogen) atoms. The summed E-state index contributed by atoms with van der Waals surface area (Å²) in [5.41, 5.74) is 3.72. The molecule has 0 aliphatic carbocycles. The first-order chi connectivity index (χ1) is 19.5. The number of carbonyl (C=O) groups is 2. The van der Waals surface area contributed by atoms with Gasteiger partial charge in [0.25, 0.3) is 11.8 Å². The molecule has 0 saturated carbocycles. The lowest BCUT2D eigenvalue weighted by Crippen LogP contribution is -2.33. The van der Waals surface area contributed by atoms with Crippen molar-refractivity contribution in [2.24, 2.45) is 0 Å². The summed E-state index contributed by atoms with van der Waals surface area (Å²) in [5.74, 6) is 0.746. The Balaban J connectivity index is 1.89. The highest BCUT2D eigenvalue weighted by molar-refractivity contribution is 7.99. The number of ether oxygens (including phenoxy) is 2. The van der Waals surface area contributed by atoms with Crippen molar-refractivity contribution in [1.29, 1.82) is 0 Å². The number of rotatable bonds is 12. The standard InChI is InChI=1S/C31H41N5O4S/c1-9-13-36(14-10-2)30(38)25-18-27(33-19-32-25)40-26-15-21(12-11-20(26)3)29(37)34-23-16-22(31(4,5)6)17-24(35-41-8)28(23)39-7/h11-12,15-19,35H,9-10,13-14H2,1-8H3,(H,34,37). The quantitative estimate of drug-likeness (QED) is 0.219. The lowest BCUT2D eigenvalue weighted by molar-refractivity contribution is 0.0748. The third-order valence-electron chi connectivity index (χ3n) is 6.42. The molecular weight excluding hydrogens is 538 g/mol. The Bertz CT molecular complexity index is 1370. The second kappa shape index (κ2) is 14.2. The smallest absolute Gasteiger partial charge is 0.272 e. The van der Waals surface area contributed by atoms with Crippen LogP contribution in [0.1, 0.15) is 79.4 Å². The van der Waals surface area contributed by atoms with Gasteiger partial charge in [0.1, 0.15) is 17.8 Å². The van der Waals surface area contributed by atoms with E-state index in [1.807, 2.05) is 45.2 Å². The minimum Gasteiger partial charge on any atom is -0.492 e. The number of anilines is 2. The second-order valence-corrected chi connectivity index (χ2v) is 11.3. The van der Waals surface area contributed by atoms with Crippen molar-refractivity contribution in [2.75, 3.05) is 36.5 Å². The molecule has 0 spiro atoms. The molecule has 220 valence electrons. The normalized spacial score (nSPS) is 11.1. The third kappa shape index (κ3) is 8.13. The average Bonchev–Trinajstić information content (AvgIpc) is 2.93. The van der Waals surface area contributed by atoms with E-state index in [1.54, 1.807) is 24.1 Å². The van der Waals surface area contributed by atoms with Crippen LogP contribution in [-0.4, -0.2) is 53.1 Å².